The first kappa shape index (κ1) is 15.1. The molecule has 3 nitrogen and oxygen atoms in total. The number of alkyl halides is 2. The van der Waals surface area contributed by atoms with Gasteiger partial charge >= 0.3 is 0 Å². The Morgan fingerprint density at radius 3 is 2.74 bits per heavy atom. The van der Waals surface area contributed by atoms with Gasteiger partial charge in [0.2, 0.25) is 5.91 Å². The number of benzene rings is 1. The van der Waals surface area contributed by atoms with Gasteiger partial charge in [-0.25, -0.2) is 8.78 Å². The lowest BCUT2D eigenvalue weighted by Gasteiger charge is -2.31. The Hall–Kier alpha value is -1.49. The molecule has 0 aromatic heterocycles. The number of rotatable bonds is 4. The third kappa shape index (κ3) is 2.87. The Labute approximate surface area is 135 Å². The summed E-state index contributed by atoms with van der Waals surface area (Å²) in [5.41, 5.74) is 2.82. The number of halogens is 2. The normalized spacial score (nSPS) is 30.1. The van der Waals surface area contributed by atoms with Crippen molar-refractivity contribution in [3.8, 4) is 0 Å². The van der Waals surface area contributed by atoms with Gasteiger partial charge in [0.05, 0.1) is 6.54 Å². The lowest BCUT2D eigenvalue weighted by Crippen LogP contribution is -2.43. The molecular formula is C18H22F2N2O. The molecule has 124 valence electrons. The van der Waals surface area contributed by atoms with E-state index in [4.69, 9.17) is 0 Å². The summed E-state index contributed by atoms with van der Waals surface area (Å²) in [6.45, 7) is 1.03. The molecule has 3 aliphatic rings. The lowest BCUT2D eigenvalue weighted by molar-refractivity contribution is -0.126. The van der Waals surface area contributed by atoms with Gasteiger partial charge < -0.3 is 5.32 Å². The average molecular weight is 320 g/mol. The Morgan fingerprint density at radius 1 is 1.26 bits per heavy atom. The van der Waals surface area contributed by atoms with Crippen LogP contribution in [-0.2, 0) is 11.2 Å². The molecule has 1 saturated carbocycles. The van der Waals surface area contributed by atoms with E-state index in [0.29, 0.717) is 37.8 Å². The van der Waals surface area contributed by atoms with Crippen molar-refractivity contribution in [2.45, 2.75) is 37.6 Å². The van der Waals surface area contributed by atoms with Gasteiger partial charge in [-0.1, -0.05) is 24.3 Å². The molecule has 4 rings (SSSR count). The Bertz CT molecular complexity index is 598. The van der Waals surface area contributed by atoms with Gasteiger partial charge in [0.1, 0.15) is 0 Å². The van der Waals surface area contributed by atoms with Crippen LogP contribution in [0.4, 0.5) is 8.78 Å². The van der Waals surface area contributed by atoms with E-state index in [1.54, 1.807) is 4.90 Å². The Morgan fingerprint density at radius 2 is 2.00 bits per heavy atom. The number of carbonyl (C=O) groups is 1. The maximum atomic E-state index is 12.4. The number of fused-ring (bicyclic) bond motifs is 3. The van der Waals surface area contributed by atoms with E-state index in [-0.39, 0.29) is 24.4 Å². The van der Waals surface area contributed by atoms with Crippen molar-refractivity contribution in [1.82, 2.24) is 10.2 Å². The Balaban J connectivity index is 1.28. The fraction of sp³-hybridized carbons (Fsp3) is 0.611. The molecule has 0 radical (unpaired) electrons. The van der Waals surface area contributed by atoms with Crippen LogP contribution in [0.1, 0.15) is 29.9 Å². The summed E-state index contributed by atoms with van der Waals surface area (Å²) in [7, 11) is 0. The highest BCUT2D eigenvalue weighted by molar-refractivity contribution is 5.80. The molecule has 1 saturated heterocycles. The SMILES string of the molecule is O=C(N[C@@H]1[C@H]2Cc3ccccc3[C@H]21)C1CCN(CC(F)F)CC1. The summed E-state index contributed by atoms with van der Waals surface area (Å²) in [4.78, 5) is 14.2. The molecule has 2 fully saturated rings. The molecule has 0 spiro atoms. The third-order valence-corrected chi connectivity index (χ3v) is 5.70. The second-order valence-electron chi connectivity index (χ2n) is 7.09. The summed E-state index contributed by atoms with van der Waals surface area (Å²) >= 11 is 0. The minimum atomic E-state index is -2.29. The fourth-order valence-electron chi connectivity index (χ4n) is 4.40. The van der Waals surface area contributed by atoms with Gasteiger partial charge in [-0.15, -0.1) is 0 Å². The van der Waals surface area contributed by atoms with E-state index >= 15 is 0 Å². The van der Waals surface area contributed by atoms with Crippen LogP contribution in [0.25, 0.3) is 0 Å². The first-order valence-corrected chi connectivity index (χ1v) is 8.52. The average Bonchev–Trinajstić information content (AvgIpc) is 3.04. The summed E-state index contributed by atoms with van der Waals surface area (Å²) in [5, 5.41) is 3.22. The minimum absolute atomic E-state index is 0.0134. The van der Waals surface area contributed by atoms with E-state index in [1.807, 2.05) is 0 Å². The Kier molecular flexibility index (Phi) is 3.84. The first-order chi connectivity index (χ1) is 11.1. The quantitative estimate of drug-likeness (QED) is 0.924. The zero-order chi connectivity index (χ0) is 16.0. The third-order valence-electron chi connectivity index (χ3n) is 5.70. The number of amides is 1. The number of piperidine rings is 1. The molecule has 5 heteroatoms. The zero-order valence-electron chi connectivity index (χ0n) is 13.1. The molecule has 0 unspecified atom stereocenters. The monoisotopic (exact) mass is 320 g/mol. The highest BCUT2D eigenvalue weighted by Gasteiger charge is 2.56. The first-order valence-electron chi connectivity index (χ1n) is 8.52. The maximum Gasteiger partial charge on any atom is 0.251 e. The highest BCUT2D eigenvalue weighted by atomic mass is 19.3. The van der Waals surface area contributed by atoms with E-state index in [2.05, 4.69) is 29.6 Å². The lowest BCUT2D eigenvalue weighted by atomic mass is 9.95. The van der Waals surface area contributed by atoms with Gasteiger partial charge in [-0.2, -0.15) is 0 Å². The van der Waals surface area contributed by atoms with E-state index in [0.717, 1.165) is 6.42 Å². The summed E-state index contributed by atoms with van der Waals surface area (Å²) < 4.78 is 24.8. The molecule has 0 bridgehead atoms. The van der Waals surface area contributed by atoms with Crippen LogP contribution >= 0.6 is 0 Å². The highest BCUT2D eigenvalue weighted by Crippen LogP contribution is 2.56. The van der Waals surface area contributed by atoms with Gasteiger partial charge in [0.15, 0.2) is 0 Å². The number of likely N-dealkylation sites (tertiary alicyclic amines) is 1. The molecule has 1 aromatic rings. The summed E-state index contributed by atoms with van der Waals surface area (Å²) in [6, 6.07) is 8.78. The van der Waals surface area contributed by atoms with Gasteiger partial charge in [0, 0.05) is 17.9 Å². The smallest absolute Gasteiger partial charge is 0.251 e. The van der Waals surface area contributed by atoms with Crippen LogP contribution in [0.5, 0.6) is 0 Å². The second kappa shape index (κ2) is 5.86. The standard InChI is InChI=1S/C18H22F2N2O/c19-15(20)10-22-7-5-11(6-8-22)18(23)21-17-14-9-12-3-1-2-4-13(12)16(14)17/h1-4,11,14-17H,5-10H2,(H,21,23)/t14-,16+,17+/m0/s1. The maximum absolute atomic E-state index is 12.4. The van der Waals surface area contributed by atoms with Crippen molar-refractivity contribution >= 4 is 5.91 Å². The predicted molar refractivity (Wildman–Crippen MR) is 83.5 cm³/mol. The largest absolute Gasteiger partial charge is 0.352 e. The van der Waals surface area contributed by atoms with Crippen molar-refractivity contribution in [3.05, 3.63) is 35.4 Å². The second-order valence-corrected chi connectivity index (χ2v) is 7.09. The molecule has 23 heavy (non-hydrogen) atoms. The van der Waals surface area contributed by atoms with Crippen LogP contribution in [-0.4, -0.2) is 42.9 Å². The summed E-state index contributed by atoms with van der Waals surface area (Å²) in [5.74, 6) is 1.17. The van der Waals surface area contributed by atoms with Crippen molar-refractivity contribution < 1.29 is 13.6 Å². The van der Waals surface area contributed by atoms with Gasteiger partial charge in [-0.3, -0.25) is 9.69 Å². The number of nitrogens with one attached hydrogen (secondary N) is 1. The van der Waals surface area contributed by atoms with Crippen LogP contribution in [0.15, 0.2) is 24.3 Å². The molecular weight excluding hydrogens is 298 g/mol. The summed E-state index contributed by atoms with van der Waals surface area (Å²) in [6.07, 6.45) is 0.166. The fourth-order valence-corrected chi connectivity index (χ4v) is 4.40. The molecule has 2 aliphatic carbocycles. The van der Waals surface area contributed by atoms with Crippen molar-refractivity contribution in [3.63, 3.8) is 0 Å². The van der Waals surface area contributed by atoms with E-state index < -0.39 is 6.43 Å². The molecule has 1 aromatic carbocycles. The van der Waals surface area contributed by atoms with Crippen LogP contribution in [0.3, 0.4) is 0 Å². The number of nitrogens with zero attached hydrogens (tertiary/aromatic N) is 1. The minimum Gasteiger partial charge on any atom is -0.352 e. The van der Waals surface area contributed by atoms with Crippen LogP contribution in [0, 0.1) is 11.8 Å². The van der Waals surface area contributed by atoms with Crippen molar-refractivity contribution in [1.29, 1.82) is 0 Å². The van der Waals surface area contributed by atoms with Crippen molar-refractivity contribution in [2.75, 3.05) is 19.6 Å². The van der Waals surface area contributed by atoms with Gasteiger partial charge in [-0.05, 0) is 49.4 Å². The predicted octanol–water partition coefficient (Wildman–Crippen LogP) is 2.42. The molecule has 1 amide bonds. The van der Waals surface area contributed by atoms with E-state index in [9.17, 15) is 13.6 Å². The van der Waals surface area contributed by atoms with Crippen LogP contribution < -0.4 is 5.32 Å². The topological polar surface area (TPSA) is 32.3 Å². The van der Waals surface area contributed by atoms with E-state index in [1.165, 1.54) is 11.1 Å². The molecule has 3 atom stereocenters. The van der Waals surface area contributed by atoms with Crippen LogP contribution in [0.2, 0.25) is 0 Å². The molecule has 1 aliphatic heterocycles. The molecule has 1 heterocycles. The molecule has 1 N–H and O–H groups in total. The van der Waals surface area contributed by atoms with Crippen molar-refractivity contribution in [2.24, 2.45) is 11.8 Å². The number of hydrogen-bond donors (Lipinski definition) is 1. The number of hydrogen-bond acceptors (Lipinski definition) is 2. The van der Waals surface area contributed by atoms with Gasteiger partial charge in [0.25, 0.3) is 6.43 Å². The zero-order valence-corrected chi connectivity index (χ0v) is 13.1. The number of carbonyl (C=O) groups excluding carboxylic acids is 1.